The SMILES string of the molecule is COCC(C)(NC(=O)OCC1c2ccccc2-c2ccccc21)C(=O)NC1(C(=O)O)CCCCC1. The van der Waals surface area contributed by atoms with Crippen molar-refractivity contribution < 1.29 is 29.0 Å². The van der Waals surface area contributed by atoms with E-state index in [0.717, 1.165) is 28.7 Å². The lowest BCUT2D eigenvalue weighted by atomic mass is 9.81. The first-order chi connectivity index (χ1) is 16.8. The molecule has 186 valence electrons. The molecule has 0 radical (unpaired) electrons. The van der Waals surface area contributed by atoms with Gasteiger partial charge in [-0.2, -0.15) is 0 Å². The fourth-order valence-corrected chi connectivity index (χ4v) is 5.21. The molecule has 1 fully saturated rings. The van der Waals surface area contributed by atoms with E-state index in [4.69, 9.17) is 9.47 Å². The van der Waals surface area contributed by atoms with Crippen LogP contribution in [0.4, 0.5) is 4.79 Å². The average Bonchev–Trinajstić information content (AvgIpc) is 3.17. The van der Waals surface area contributed by atoms with Gasteiger partial charge < -0.3 is 25.2 Å². The third kappa shape index (κ3) is 4.89. The number of carboxylic acid groups (broad SMARTS) is 1. The number of carboxylic acids is 1. The largest absolute Gasteiger partial charge is 0.480 e. The minimum Gasteiger partial charge on any atom is -0.480 e. The Bertz CT molecular complexity index is 1060. The van der Waals surface area contributed by atoms with E-state index in [2.05, 4.69) is 22.8 Å². The lowest BCUT2D eigenvalue weighted by Crippen LogP contribution is -2.66. The van der Waals surface area contributed by atoms with E-state index in [1.54, 1.807) is 0 Å². The van der Waals surface area contributed by atoms with Crippen molar-refractivity contribution in [3.05, 3.63) is 59.7 Å². The highest BCUT2D eigenvalue weighted by molar-refractivity contribution is 5.94. The van der Waals surface area contributed by atoms with E-state index in [-0.39, 0.29) is 19.1 Å². The van der Waals surface area contributed by atoms with Gasteiger partial charge in [-0.15, -0.1) is 0 Å². The number of amides is 2. The molecule has 2 aromatic rings. The van der Waals surface area contributed by atoms with Gasteiger partial charge in [0.1, 0.15) is 17.7 Å². The first kappa shape index (κ1) is 24.7. The van der Waals surface area contributed by atoms with Gasteiger partial charge >= 0.3 is 12.1 Å². The summed E-state index contributed by atoms with van der Waals surface area (Å²) in [6, 6.07) is 16.0. The number of ether oxygens (including phenoxy) is 2. The highest BCUT2D eigenvalue weighted by Gasteiger charge is 2.46. The fourth-order valence-electron chi connectivity index (χ4n) is 5.21. The normalized spacial score (nSPS) is 18.0. The number of methoxy groups -OCH3 is 1. The Hall–Kier alpha value is -3.39. The van der Waals surface area contributed by atoms with Crippen molar-refractivity contribution in [2.24, 2.45) is 0 Å². The summed E-state index contributed by atoms with van der Waals surface area (Å²) in [6.45, 7) is 1.47. The first-order valence-electron chi connectivity index (χ1n) is 12.0. The Balaban J connectivity index is 1.45. The van der Waals surface area contributed by atoms with Crippen LogP contribution in [0.3, 0.4) is 0 Å². The molecule has 0 bridgehead atoms. The standard InChI is InChI=1S/C27H32N2O6/c1-26(17-34-2,23(30)28-27(24(31)32)14-8-3-9-15-27)29-25(33)35-16-22-20-12-6-4-10-18(20)19-11-5-7-13-21(19)22/h4-7,10-13,22H,3,8-9,14-17H2,1-2H3,(H,28,30)(H,29,33)(H,31,32). The zero-order valence-corrected chi connectivity index (χ0v) is 20.1. The summed E-state index contributed by atoms with van der Waals surface area (Å²) < 4.78 is 10.8. The zero-order chi connectivity index (χ0) is 25.1. The van der Waals surface area contributed by atoms with E-state index >= 15 is 0 Å². The molecule has 35 heavy (non-hydrogen) atoms. The number of alkyl carbamates (subject to hydrolysis) is 1. The molecule has 0 aromatic heterocycles. The molecule has 2 aromatic carbocycles. The van der Waals surface area contributed by atoms with Gasteiger partial charge in [0.25, 0.3) is 0 Å². The number of fused-ring (bicyclic) bond motifs is 3. The van der Waals surface area contributed by atoms with Crippen LogP contribution in [0, 0.1) is 0 Å². The molecule has 8 nitrogen and oxygen atoms in total. The Morgan fingerprint density at radius 3 is 2.11 bits per heavy atom. The highest BCUT2D eigenvalue weighted by atomic mass is 16.5. The molecule has 0 saturated heterocycles. The van der Waals surface area contributed by atoms with Crippen LogP contribution in [-0.4, -0.2) is 54.5 Å². The van der Waals surface area contributed by atoms with Crippen molar-refractivity contribution in [2.45, 2.75) is 56.0 Å². The van der Waals surface area contributed by atoms with Crippen molar-refractivity contribution in [3.63, 3.8) is 0 Å². The topological polar surface area (TPSA) is 114 Å². The molecule has 8 heteroatoms. The average molecular weight is 481 g/mol. The summed E-state index contributed by atoms with van der Waals surface area (Å²) in [5, 5.41) is 15.1. The number of benzene rings is 2. The molecular formula is C27H32N2O6. The smallest absolute Gasteiger partial charge is 0.408 e. The number of carbonyl (C=O) groups excluding carboxylic acids is 2. The quantitative estimate of drug-likeness (QED) is 0.529. The number of rotatable bonds is 8. The fraction of sp³-hybridized carbons (Fsp3) is 0.444. The van der Waals surface area contributed by atoms with Crippen LogP contribution in [0.5, 0.6) is 0 Å². The summed E-state index contributed by atoms with van der Waals surface area (Å²) in [5.74, 6) is -1.79. The summed E-state index contributed by atoms with van der Waals surface area (Å²) in [5.41, 5.74) is 1.56. The van der Waals surface area contributed by atoms with Gasteiger partial charge in [0, 0.05) is 13.0 Å². The number of nitrogens with one attached hydrogen (secondary N) is 2. The second kappa shape index (κ2) is 10.1. The molecule has 0 heterocycles. The van der Waals surface area contributed by atoms with Gasteiger partial charge in [-0.25, -0.2) is 9.59 Å². The van der Waals surface area contributed by atoms with Crippen LogP contribution < -0.4 is 10.6 Å². The molecule has 1 saturated carbocycles. The molecule has 1 atom stereocenters. The monoisotopic (exact) mass is 480 g/mol. The molecule has 2 aliphatic carbocycles. The van der Waals surface area contributed by atoms with Crippen LogP contribution in [0.2, 0.25) is 0 Å². The number of carbonyl (C=O) groups is 3. The van der Waals surface area contributed by atoms with Crippen molar-refractivity contribution in [1.29, 1.82) is 0 Å². The Kier molecular flexibility index (Phi) is 7.12. The molecule has 1 unspecified atom stereocenters. The Labute approximate surface area is 205 Å². The van der Waals surface area contributed by atoms with Gasteiger partial charge in [-0.3, -0.25) is 4.79 Å². The third-order valence-corrected chi connectivity index (χ3v) is 7.13. The van der Waals surface area contributed by atoms with Crippen molar-refractivity contribution in [3.8, 4) is 11.1 Å². The van der Waals surface area contributed by atoms with E-state index in [9.17, 15) is 19.5 Å². The van der Waals surface area contributed by atoms with Crippen molar-refractivity contribution in [2.75, 3.05) is 20.3 Å². The number of aliphatic carboxylic acids is 1. The van der Waals surface area contributed by atoms with Gasteiger partial charge in [0.05, 0.1) is 6.61 Å². The summed E-state index contributed by atoms with van der Waals surface area (Å²) in [4.78, 5) is 38.1. The highest BCUT2D eigenvalue weighted by Crippen LogP contribution is 2.44. The van der Waals surface area contributed by atoms with Gasteiger partial charge in [-0.05, 0) is 42.0 Å². The van der Waals surface area contributed by atoms with E-state index in [1.807, 2.05) is 36.4 Å². The van der Waals surface area contributed by atoms with Gasteiger partial charge in [0.15, 0.2) is 0 Å². The summed E-state index contributed by atoms with van der Waals surface area (Å²) in [7, 11) is 1.42. The predicted octanol–water partition coefficient (Wildman–Crippen LogP) is 3.83. The Morgan fingerprint density at radius 2 is 1.57 bits per heavy atom. The Morgan fingerprint density at radius 1 is 1.00 bits per heavy atom. The second-order valence-electron chi connectivity index (χ2n) is 9.62. The van der Waals surface area contributed by atoms with Crippen LogP contribution >= 0.6 is 0 Å². The molecule has 2 aliphatic rings. The van der Waals surface area contributed by atoms with Gasteiger partial charge in [0.2, 0.25) is 5.91 Å². The maximum absolute atomic E-state index is 13.2. The molecule has 0 spiro atoms. The molecule has 2 amide bonds. The maximum Gasteiger partial charge on any atom is 0.408 e. The lowest BCUT2D eigenvalue weighted by molar-refractivity contribution is -0.150. The second-order valence-corrected chi connectivity index (χ2v) is 9.62. The zero-order valence-electron chi connectivity index (χ0n) is 20.1. The number of hydrogen-bond donors (Lipinski definition) is 3. The minimum absolute atomic E-state index is 0.101. The van der Waals surface area contributed by atoms with E-state index < -0.39 is 29.0 Å². The minimum atomic E-state index is -1.50. The van der Waals surface area contributed by atoms with Crippen LogP contribution in [-0.2, 0) is 19.1 Å². The molecule has 3 N–H and O–H groups in total. The van der Waals surface area contributed by atoms with E-state index in [1.165, 1.54) is 14.0 Å². The van der Waals surface area contributed by atoms with Gasteiger partial charge in [-0.1, -0.05) is 67.8 Å². The lowest BCUT2D eigenvalue weighted by Gasteiger charge is -2.37. The molecular weight excluding hydrogens is 448 g/mol. The first-order valence-corrected chi connectivity index (χ1v) is 12.0. The van der Waals surface area contributed by atoms with E-state index in [0.29, 0.717) is 25.7 Å². The summed E-state index contributed by atoms with van der Waals surface area (Å²) >= 11 is 0. The number of hydrogen-bond acceptors (Lipinski definition) is 5. The van der Waals surface area contributed by atoms with Crippen molar-refractivity contribution >= 4 is 18.0 Å². The van der Waals surface area contributed by atoms with Crippen molar-refractivity contribution in [1.82, 2.24) is 10.6 Å². The third-order valence-electron chi connectivity index (χ3n) is 7.13. The summed E-state index contributed by atoms with van der Waals surface area (Å²) in [6.07, 6.45) is 2.29. The van der Waals surface area contributed by atoms with Crippen LogP contribution in [0.25, 0.3) is 11.1 Å². The van der Waals surface area contributed by atoms with Crippen LogP contribution in [0.1, 0.15) is 56.1 Å². The predicted molar refractivity (Wildman–Crippen MR) is 130 cm³/mol. The van der Waals surface area contributed by atoms with Crippen LogP contribution in [0.15, 0.2) is 48.5 Å². The molecule has 0 aliphatic heterocycles. The maximum atomic E-state index is 13.2. The molecule has 4 rings (SSSR count).